The van der Waals surface area contributed by atoms with Crippen LogP contribution in [0.5, 0.6) is 0 Å². The van der Waals surface area contributed by atoms with Gasteiger partial charge in [-0.3, -0.25) is 14.3 Å². The van der Waals surface area contributed by atoms with E-state index in [9.17, 15) is 9.59 Å². The summed E-state index contributed by atoms with van der Waals surface area (Å²) < 4.78 is 1.56. The van der Waals surface area contributed by atoms with Crippen LogP contribution in [0.15, 0.2) is 35.3 Å². The molecule has 1 aromatic heterocycles. The average molecular weight is 274 g/mol. The van der Waals surface area contributed by atoms with Crippen molar-refractivity contribution in [2.24, 2.45) is 0 Å². The zero-order valence-electron chi connectivity index (χ0n) is 11.7. The molecule has 0 aliphatic rings. The molecule has 6 nitrogen and oxygen atoms in total. The van der Waals surface area contributed by atoms with Crippen molar-refractivity contribution < 1.29 is 4.79 Å². The third kappa shape index (κ3) is 3.03. The summed E-state index contributed by atoms with van der Waals surface area (Å²) in [5.41, 5.74) is 0.545. The third-order valence-electron chi connectivity index (χ3n) is 3.17. The third-order valence-corrected chi connectivity index (χ3v) is 3.17. The molecule has 0 saturated carbocycles. The second-order valence-electron chi connectivity index (χ2n) is 4.60. The summed E-state index contributed by atoms with van der Waals surface area (Å²) in [6, 6.07) is 7.17. The van der Waals surface area contributed by atoms with Gasteiger partial charge in [0.15, 0.2) is 0 Å². The van der Waals surface area contributed by atoms with Gasteiger partial charge in [-0.15, -0.1) is 0 Å². The number of fused-ring (bicyclic) bond motifs is 1. The number of hydrogen-bond acceptors (Lipinski definition) is 4. The second kappa shape index (κ2) is 6.29. The predicted octanol–water partition coefficient (Wildman–Crippen LogP) is 0.0743. The smallest absolute Gasteiger partial charge is 0.244 e. The molecule has 1 N–H and O–H groups in total. The fourth-order valence-corrected chi connectivity index (χ4v) is 1.94. The van der Waals surface area contributed by atoms with E-state index in [0.29, 0.717) is 17.4 Å². The van der Waals surface area contributed by atoms with Gasteiger partial charge in [-0.25, -0.2) is 0 Å². The van der Waals surface area contributed by atoms with Crippen molar-refractivity contribution in [3.63, 3.8) is 0 Å². The number of carbonyl (C=O) groups excluding carboxylic acids is 1. The van der Waals surface area contributed by atoms with Gasteiger partial charge >= 0.3 is 0 Å². The van der Waals surface area contributed by atoms with E-state index in [-0.39, 0.29) is 17.9 Å². The first-order valence-corrected chi connectivity index (χ1v) is 6.47. The molecule has 1 aromatic carbocycles. The Balaban J connectivity index is 2.24. The minimum absolute atomic E-state index is 0.0402. The lowest BCUT2D eigenvalue weighted by Crippen LogP contribution is -2.35. The van der Waals surface area contributed by atoms with Crippen molar-refractivity contribution in [3.05, 3.63) is 40.7 Å². The Morgan fingerprint density at radius 1 is 1.40 bits per heavy atom. The molecule has 0 bridgehead atoms. The predicted molar refractivity (Wildman–Crippen MR) is 77.6 cm³/mol. The van der Waals surface area contributed by atoms with E-state index in [2.05, 4.69) is 10.4 Å². The minimum Gasteiger partial charge on any atom is -0.343 e. The second-order valence-corrected chi connectivity index (χ2v) is 4.60. The van der Waals surface area contributed by atoms with Gasteiger partial charge in [0, 0.05) is 25.5 Å². The van der Waals surface area contributed by atoms with E-state index in [1.54, 1.807) is 34.8 Å². The van der Waals surface area contributed by atoms with Crippen LogP contribution in [0.1, 0.15) is 0 Å². The molecule has 0 fully saturated rings. The van der Waals surface area contributed by atoms with Crippen LogP contribution in [0.2, 0.25) is 0 Å². The number of nitrogens with one attached hydrogen (secondary N) is 1. The Bertz CT molecular complexity index is 666. The Hall–Kier alpha value is -2.21. The lowest BCUT2D eigenvalue weighted by molar-refractivity contribution is -0.130. The van der Waals surface area contributed by atoms with Crippen LogP contribution in [0.4, 0.5) is 0 Å². The van der Waals surface area contributed by atoms with Crippen molar-refractivity contribution in [3.8, 4) is 0 Å². The fraction of sp³-hybridized carbons (Fsp3) is 0.357. The highest BCUT2D eigenvalue weighted by atomic mass is 16.2. The minimum atomic E-state index is -0.132. The maximum Gasteiger partial charge on any atom is 0.244 e. The number of aromatic nitrogens is 2. The zero-order chi connectivity index (χ0) is 14.5. The van der Waals surface area contributed by atoms with Gasteiger partial charge < -0.3 is 10.2 Å². The number of likely N-dealkylation sites (N-methyl/N-ethyl adjacent to an activating group) is 2. The molecule has 0 atom stereocenters. The molecule has 0 saturated heterocycles. The van der Waals surface area contributed by atoms with Crippen molar-refractivity contribution in [1.82, 2.24) is 20.0 Å². The summed E-state index contributed by atoms with van der Waals surface area (Å²) in [5, 5.41) is 7.62. The van der Waals surface area contributed by atoms with Gasteiger partial charge in [0.1, 0.15) is 6.54 Å². The van der Waals surface area contributed by atoms with Crippen LogP contribution in [-0.4, -0.2) is 47.8 Å². The molecule has 0 aliphatic heterocycles. The number of carbonyl (C=O) groups is 1. The maximum atomic E-state index is 12.1. The van der Waals surface area contributed by atoms with E-state index < -0.39 is 0 Å². The number of rotatable bonds is 5. The Kier molecular flexibility index (Phi) is 4.47. The monoisotopic (exact) mass is 274 g/mol. The number of nitrogens with zero attached hydrogens (tertiary/aromatic N) is 3. The van der Waals surface area contributed by atoms with Crippen LogP contribution >= 0.6 is 0 Å². The molecule has 0 spiro atoms. The number of benzene rings is 1. The number of hydrogen-bond donors (Lipinski definition) is 1. The topological polar surface area (TPSA) is 67.2 Å². The lowest BCUT2D eigenvalue weighted by atomic mass is 10.2. The molecule has 0 unspecified atom stereocenters. The maximum absolute atomic E-state index is 12.1. The van der Waals surface area contributed by atoms with E-state index in [0.717, 1.165) is 6.54 Å². The molecule has 2 rings (SSSR count). The molecule has 106 valence electrons. The van der Waals surface area contributed by atoms with Gasteiger partial charge in [-0.05, 0) is 19.2 Å². The molecule has 1 amide bonds. The molecular formula is C14H18N4O2. The van der Waals surface area contributed by atoms with Gasteiger partial charge in [0.2, 0.25) is 11.3 Å². The van der Waals surface area contributed by atoms with Gasteiger partial charge in [-0.2, -0.15) is 5.10 Å². The Labute approximate surface area is 117 Å². The van der Waals surface area contributed by atoms with Crippen molar-refractivity contribution >= 4 is 16.8 Å². The standard InChI is InChI=1S/C14H18N4O2/c1-15-7-8-17(2)14(20)10-18-12-6-4-3-5-11(12)13(19)9-16-18/h3-6,9,15H,7-8,10H2,1-2H3. The Morgan fingerprint density at radius 2 is 2.15 bits per heavy atom. The molecule has 0 aliphatic carbocycles. The number of amides is 1. The quantitative estimate of drug-likeness (QED) is 0.838. The van der Waals surface area contributed by atoms with E-state index in [4.69, 9.17) is 0 Å². The van der Waals surface area contributed by atoms with Crippen LogP contribution in [0, 0.1) is 0 Å². The lowest BCUT2D eigenvalue weighted by Gasteiger charge is -2.18. The highest BCUT2D eigenvalue weighted by molar-refractivity contribution is 5.81. The largest absolute Gasteiger partial charge is 0.343 e. The molecule has 1 heterocycles. The molecule has 20 heavy (non-hydrogen) atoms. The molecular weight excluding hydrogens is 256 g/mol. The summed E-state index contributed by atoms with van der Waals surface area (Å²) in [7, 11) is 3.60. The highest BCUT2D eigenvalue weighted by Gasteiger charge is 2.11. The van der Waals surface area contributed by atoms with Crippen LogP contribution in [0.25, 0.3) is 10.9 Å². The SMILES string of the molecule is CNCCN(C)C(=O)Cn1ncc(=O)c2ccccc21. The summed E-state index contributed by atoms with van der Waals surface area (Å²) in [5.74, 6) is -0.0402. The van der Waals surface area contributed by atoms with Crippen LogP contribution < -0.4 is 10.7 Å². The molecule has 0 radical (unpaired) electrons. The fourth-order valence-electron chi connectivity index (χ4n) is 1.94. The molecule has 2 aromatic rings. The van der Waals surface area contributed by atoms with E-state index >= 15 is 0 Å². The van der Waals surface area contributed by atoms with Crippen molar-refractivity contribution in [1.29, 1.82) is 0 Å². The average Bonchev–Trinajstić information content (AvgIpc) is 2.47. The van der Waals surface area contributed by atoms with Crippen molar-refractivity contribution in [2.75, 3.05) is 27.2 Å². The van der Waals surface area contributed by atoms with E-state index in [1.807, 2.05) is 13.1 Å². The first-order chi connectivity index (χ1) is 9.63. The normalized spacial score (nSPS) is 10.7. The zero-order valence-corrected chi connectivity index (χ0v) is 11.7. The summed E-state index contributed by atoms with van der Waals surface area (Å²) in [6.07, 6.45) is 1.25. The first kappa shape index (κ1) is 14.2. The van der Waals surface area contributed by atoms with Crippen LogP contribution in [0.3, 0.4) is 0 Å². The highest BCUT2D eigenvalue weighted by Crippen LogP contribution is 2.07. The summed E-state index contributed by atoms with van der Waals surface area (Å²) in [4.78, 5) is 25.5. The summed E-state index contributed by atoms with van der Waals surface area (Å²) in [6.45, 7) is 1.50. The van der Waals surface area contributed by atoms with Crippen LogP contribution in [-0.2, 0) is 11.3 Å². The van der Waals surface area contributed by atoms with Gasteiger partial charge in [0.05, 0.1) is 11.7 Å². The van der Waals surface area contributed by atoms with Gasteiger partial charge in [0.25, 0.3) is 0 Å². The molecule has 6 heteroatoms. The van der Waals surface area contributed by atoms with Gasteiger partial charge in [-0.1, -0.05) is 12.1 Å². The number of para-hydroxylation sites is 1. The van der Waals surface area contributed by atoms with Crippen molar-refractivity contribution in [2.45, 2.75) is 6.54 Å². The first-order valence-electron chi connectivity index (χ1n) is 6.47. The summed E-state index contributed by atoms with van der Waals surface area (Å²) >= 11 is 0. The Morgan fingerprint density at radius 3 is 2.90 bits per heavy atom. The van der Waals surface area contributed by atoms with E-state index in [1.165, 1.54) is 6.20 Å².